The van der Waals surface area contributed by atoms with Crippen molar-refractivity contribution in [2.24, 2.45) is 5.41 Å². The van der Waals surface area contributed by atoms with Gasteiger partial charge in [-0.3, -0.25) is 33.7 Å². The number of imide groups is 2. The van der Waals surface area contributed by atoms with E-state index in [2.05, 4.69) is 0 Å². The maximum Gasteiger partial charge on any atom is 0.411 e. The molecule has 0 N–H and O–H groups in total. The highest BCUT2D eigenvalue weighted by atomic mass is 19.4. The van der Waals surface area contributed by atoms with Crippen LogP contribution in [-0.4, -0.2) is 64.1 Å². The second-order valence-electron chi connectivity index (χ2n) is 18.6. The van der Waals surface area contributed by atoms with Crippen LogP contribution in [0, 0.1) is 5.41 Å². The molecular formula is C47H42F6N2O8. The number of amides is 4. The molecule has 3 heterocycles. The first-order valence-corrected chi connectivity index (χ1v) is 19.8. The molecule has 4 aromatic carbocycles. The van der Waals surface area contributed by atoms with Gasteiger partial charge in [0, 0.05) is 19.4 Å². The molecule has 0 saturated carbocycles. The van der Waals surface area contributed by atoms with Gasteiger partial charge in [-0.05, 0) is 103 Å². The van der Waals surface area contributed by atoms with E-state index < -0.39 is 97.9 Å². The van der Waals surface area contributed by atoms with Gasteiger partial charge in [-0.1, -0.05) is 69.3 Å². The summed E-state index contributed by atoms with van der Waals surface area (Å²) in [5.41, 5.74) is -11.3. The van der Waals surface area contributed by atoms with Crippen molar-refractivity contribution < 1.29 is 64.6 Å². The molecule has 0 aromatic heterocycles. The Bertz CT molecular complexity index is 2580. The molecule has 3 aliphatic rings. The fourth-order valence-corrected chi connectivity index (χ4v) is 8.45. The molecule has 10 nitrogen and oxygen atoms in total. The van der Waals surface area contributed by atoms with Crippen LogP contribution in [0.4, 0.5) is 32.0 Å². The van der Waals surface area contributed by atoms with E-state index in [4.69, 9.17) is 9.47 Å². The molecule has 7 rings (SSSR count). The highest BCUT2D eigenvalue weighted by molar-refractivity contribution is 6.34. The van der Waals surface area contributed by atoms with E-state index in [0.717, 1.165) is 16.5 Å². The Morgan fingerprint density at radius 1 is 0.508 bits per heavy atom. The minimum absolute atomic E-state index is 0.111. The Labute approximate surface area is 358 Å². The fraction of sp³-hybridized carbons (Fsp3) is 0.362. The molecule has 1 fully saturated rings. The Morgan fingerprint density at radius 2 is 0.889 bits per heavy atom. The zero-order valence-corrected chi connectivity index (χ0v) is 35.4. The smallest absolute Gasteiger partial charge is 0.411 e. The van der Waals surface area contributed by atoms with Crippen molar-refractivity contribution in [2.75, 3.05) is 4.90 Å². The molecule has 330 valence electrons. The Balaban J connectivity index is 1.23. The first-order chi connectivity index (χ1) is 28.9. The van der Waals surface area contributed by atoms with Gasteiger partial charge < -0.3 is 9.47 Å². The quantitative estimate of drug-likeness (QED) is 0.0779. The first kappa shape index (κ1) is 44.7. The molecule has 63 heavy (non-hydrogen) atoms. The number of fused-ring (bicyclic) bond motifs is 2. The number of carbonyl (C=O) groups excluding carboxylic acids is 6. The summed E-state index contributed by atoms with van der Waals surface area (Å²) in [7, 11) is 0. The Kier molecular flexibility index (Phi) is 10.2. The number of nitrogens with zero attached hydrogens (tertiary/aromatic N) is 2. The van der Waals surface area contributed by atoms with E-state index in [-0.39, 0.29) is 29.5 Å². The molecule has 0 unspecified atom stereocenters. The first-order valence-electron chi connectivity index (χ1n) is 19.8. The fourth-order valence-electron chi connectivity index (χ4n) is 8.45. The van der Waals surface area contributed by atoms with Crippen molar-refractivity contribution in [3.05, 3.63) is 135 Å². The topological polar surface area (TPSA) is 127 Å². The van der Waals surface area contributed by atoms with Crippen LogP contribution in [0.2, 0.25) is 0 Å². The summed E-state index contributed by atoms with van der Waals surface area (Å²) in [6.45, 7) is 13.3. The number of anilines is 1. The van der Waals surface area contributed by atoms with Crippen LogP contribution in [0.5, 0.6) is 0 Å². The molecule has 0 radical (unpaired) electrons. The summed E-state index contributed by atoms with van der Waals surface area (Å²) in [5.74, 6) is -7.47. The summed E-state index contributed by atoms with van der Waals surface area (Å²) in [4.78, 5) is 82.7. The highest BCUT2D eigenvalue weighted by Crippen LogP contribution is 2.57. The van der Waals surface area contributed by atoms with Crippen molar-refractivity contribution in [3.8, 4) is 0 Å². The molecule has 1 saturated heterocycles. The van der Waals surface area contributed by atoms with Gasteiger partial charge in [0.05, 0.1) is 27.9 Å². The third-order valence-corrected chi connectivity index (χ3v) is 11.6. The average molecular weight is 877 g/mol. The van der Waals surface area contributed by atoms with Crippen molar-refractivity contribution >= 4 is 41.3 Å². The van der Waals surface area contributed by atoms with E-state index in [0.29, 0.717) is 46.4 Å². The average Bonchev–Trinajstić information content (AvgIpc) is 3.56. The summed E-state index contributed by atoms with van der Waals surface area (Å²) < 4.78 is 103. The third-order valence-electron chi connectivity index (χ3n) is 11.6. The molecule has 3 aliphatic heterocycles. The number of halogens is 6. The van der Waals surface area contributed by atoms with E-state index in [1.54, 1.807) is 12.1 Å². The van der Waals surface area contributed by atoms with Crippen molar-refractivity contribution in [2.45, 2.75) is 103 Å². The van der Waals surface area contributed by atoms with Gasteiger partial charge in [-0.25, -0.2) is 4.90 Å². The normalized spacial score (nSPS) is 17.8. The largest absolute Gasteiger partial charge is 0.422 e. The minimum Gasteiger partial charge on any atom is -0.422 e. The van der Waals surface area contributed by atoms with Gasteiger partial charge in [-0.15, -0.1) is 0 Å². The zero-order valence-electron chi connectivity index (χ0n) is 35.4. The molecule has 0 spiro atoms. The molecule has 4 aromatic rings. The summed E-state index contributed by atoms with van der Waals surface area (Å²) >= 11 is 0. The monoisotopic (exact) mass is 876 g/mol. The van der Waals surface area contributed by atoms with Crippen LogP contribution in [0.1, 0.15) is 125 Å². The molecule has 4 amide bonds. The lowest BCUT2D eigenvalue weighted by Gasteiger charge is -2.40. The van der Waals surface area contributed by atoms with Gasteiger partial charge in [0.1, 0.15) is 0 Å². The van der Waals surface area contributed by atoms with Gasteiger partial charge in [0.15, 0.2) is 5.41 Å². The number of ether oxygens (including phenoxy) is 2. The van der Waals surface area contributed by atoms with Crippen LogP contribution in [0.25, 0.3) is 0 Å². The molecular weight excluding hydrogens is 835 g/mol. The maximum absolute atomic E-state index is 15.3. The van der Waals surface area contributed by atoms with Crippen LogP contribution >= 0.6 is 0 Å². The predicted octanol–water partition coefficient (Wildman–Crippen LogP) is 9.20. The zero-order chi connectivity index (χ0) is 46.6. The van der Waals surface area contributed by atoms with Crippen LogP contribution < -0.4 is 4.90 Å². The molecule has 0 atom stereocenters. The number of hydrogen-bond acceptors (Lipinski definition) is 8. The summed E-state index contributed by atoms with van der Waals surface area (Å²) in [6, 6.07) is 15.9. The van der Waals surface area contributed by atoms with E-state index in [9.17, 15) is 28.8 Å². The van der Waals surface area contributed by atoms with Gasteiger partial charge in [-0.2, -0.15) is 26.3 Å². The Morgan fingerprint density at radius 3 is 1.32 bits per heavy atom. The number of carbonyl (C=O) groups is 6. The van der Waals surface area contributed by atoms with Gasteiger partial charge >= 0.3 is 24.3 Å². The lowest BCUT2D eigenvalue weighted by Crippen LogP contribution is -2.56. The number of rotatable bonds is 7. The maximum atomic E-state index is 15.3. The molecule has 0 bridgehead atoms. The van der Waals surface area contributed by atoms with Crippen molar-refractivity contribution in [1.29, 1.82) is 0 Å². The lowest BCUT2D eigenvalue weighted by molar-refractivity contribution is -0.288. The Hall–Kier alpha value is -6.32. The predicted molar refractivity (Wildman–Crippen MR) is 215 cm³/mol. The molecule has 16 heteroatoms. The number of hydrogen-bond donors (Lipinski definition) is 0. The van der Waals surface area contributed by atoms with E-state index in [1.165, 1.54) is 58.9 Å². The lowest BCUT2D eigenvalue weighted by atomic mass is 9.71. The SMILES string of the molecule is CC1(C)OC(=O)C(Cc2ccc(N3C(=O)c4ccc(C(c5ccc6c(c5)C(=O)N(C(C)(C)C)C6=O)(C(F)(F)F)C(F)(F)F)cc4C3=O)cc2)(Cc2ccc(C(C)(C)C)cc2)C(=O)O1. The van der Waals surface area contributed by atoms with E-state index >= 15 is 26.3 Å². The number of esters is 2. The standard InChI is InChI=1S/C47H42F6N2O8/c1-41(2,3)27-13-9-25(10-14-27)23-44(39(60)62-43(7,8)63-40(44)61)24-26-11-17-30(18-12-26)54-35(56)31-19-15-28(21-33(31)36(54)57)45(46(48,49)50,47(51,52)53)29-16-20-32-34(22-29)38(59)55(37(32)58)42(4,5)6/h9-22H,23-24H2,1-8H3. The van der Waals surface area contributed by atoms with Crippen LogP contribution in [-0.2, 0) is 42.7 Å². The third kappa shape index (κ3) is 7.16. The number of alkyl halides is 6. The van der Waals surface area contributed by atoms with Crippen LogP contribution in [0.3, 0.4) is 0 Å². The summed E-state index contributed by atoms with van der Waals surface area (Å²) in [5, 5.41) is 0. The van der Waals surface area contributed by atoms with Crippen molar-refractivity contribution in [1.82, 2.24) is 4.90 Å². The number of cyclic esters (lactones) is 2. The van der Waals surface area contributed by atoms with Crippen LogP contribution in [0.15, 0.2) is 84.9 Å². The number of benzene rings is 4. The van der Waals surface area contributed by atoms with Gasteiger partial charge in [0.2, 0.25) is 5.41 Å². The second kappa shape index (κ2) is 14.4. The van der Waals surface area contributed by atoms with Gasteiger partial charge in [0.25, 0.3) is 29.4 Å². The second-order valence-corrected chi connectivity index (χ2v) is 18.6. The molecule has 0 aliphatic carbocycles. The van der Waals surface area contributed by atoms with E-state index in [1.807, 2.05) is 32.9 Å². The summed E-state index contributed by atoms with van der Waals surface area (Å²) in [6.07, 6.45) is -12.6. The van der Waals surface area contributed by atoms with Crippen molar-refractivity contribution in [3.63, 3.8) is 0 Å². The minimum atomic E-state index is -6.13. The highest BCUT2D eigenvalue weighted by Gasteiger charge is 2.73.